The Morgan fingerprint density at radius 2 is 1.54 bits per heavy atom. The molecule has 0 atom stereocenters. The SMILES string of the molecule is CC(C)CN1C(=O)c2ccc(C(=O)Nc3oc(-c4ccccc4)c(-c4ccccc4)c3C#N)cc2C1=O. The second-order valence-corrected chi connectivity index (χ2v) is 9.18. The van der Waals surface area contributed by atoms with E-state index >= 15 is 0 Å². The van der Waals surface area contributed by atoms with Crippen LogP contribution in [-0.4, -0.2) is 29.2 Å². The van der Waals surface area contributed by atoms with E-state index in [1.807, 2.05) is 74.5 Å². The van der Waals surface area contributed by atoms with Gasteiger partial charge in [0.1, 0.15) is 17.4 Å². The van der Waals surface area contributed by atoms with Crippen LogP contribution in [0, 0.1) is 17.2 Å². The number of imide groups is 1. The van der Waals surface area contributed by atoms with Crippen LogP contribution in [0.25, 0.3) is 22.5 Å². The Balaban J connectivity index is 1.52. The summed E-state index contributed by atoms with van der Waals surface area (Å²) in [6, 6.07) is 25.2. The van der Waals surface area contributed by atoms with Crippen LogP contribution in [0.5, 0.6) is 0 Å². The van der Waals surface area contributed by atoms with Crippen molar-refractivity contribution in [2.75, 3.05) is 11.9 Å². The van der Waals surface area contributed by atoms with Crippen molar-refractivity contribution >= 4 is 23.6 Å². The molecule has 7 heteroatoms. The smallest absolute Gasteiger partial charge is 0.261 e. The monoisotopic (exact) mass is 489 g/mol. The normalized spacial score (nSPS) is 12.5. The van der Waals surface area contributed by atoms with Crippen LogP contribution in [0.3, 0.4) is 0 Å². The second kappa shape index (κ2) is 9.59. The van der Waals surface area contributed by atoms with Gasteiger partial charge in [0.05, 0.1) is 11.1 Å². The summed E-state index contributed by atoms with van der Waals surface area (Å²) in [5.41, 5.74) is 2.93. The zero-order valence-electron chi connectivity index (χ0n) is 20.3. The largest absolute Gasteiger partial charge is 0.438 e. The molecule has 37 heavy (non-hydrogen) atoms. The number of benzene rings is 3. The first-order valence-electron chi connectivity index (χ1n) is 11.9. The number of carbonyl (C=O) groups excluding carboxylic acids is 3. The first-order valence-corrected chi connectivity index (χ1v) is 11.9. The van der Waals surface area contributed by atoms with Crippen LogP contribution < -0.4 is 5.32 Å². The van der Waals surface area contributed by atoms with Crippen molar-refractivity contribution in [2.45, 2.75) is 13.8 Å². The molecule has 1 aromatic heterocycles. The molecule has 182 valence electrons. The van der Waals surface area contributed by atoms with Crippen molar-refractivity contribution in [1.82, 2.24) is 4.90 Å². The minimum absolute atomic E-state index is 0.00884. The summed E-state index contributed by atoms with van der Waals surface area (Å²) >= 11 is 0. The Labute approximate surface area is 213 Å². The second-order valence-electron chi connectivity index (χ2n) is 9.18. The molecule has 7 nitrogen and oxygen atoms in total. The van der Waals surface area contributed by atoms with Crippen molar-refractivity contribution in [1.29, 1.82) is 5.26 Å². The van der Waals surface area contributed by atoms with E-state index in [-0.39, 0.29) is 40.0 Å². The average molecular weight is 490 g/mol. The van der Waals surface area contributed by atoms with Gasteiger partial charge in [0.2, 0.25) is 5.88 Å². The molecule has 1 aliphatic heterocycles. The molecule has 3 amide bonds. The number of fused-ring (bicyclic) bond motifs is 1. The van der Waals surface area contributed by atoms with Crippen LogP contribution in [0.1, 0.15) is 50.5 Å². The van der Waals surface area contributed by atoms with Gasteiger partial charge in [-0.3, -0.25) is 24.6 Å². The summed E-state index contributed by atoms with van der Waals surface area (Å²) in [7, 11) is 0. The van der Waals surface area contributed by atoms with E-state index in [1.54, 1.807) is 0 Å². The summed E-state index contributed by atoms with van der Waals surface area (Å²) in [6.45, 7) is 4.15. The molecule has 0 saturated heterocycles. The van der Waals surface area contributed by atoms with Crippen molar-refractivity contribution in [3.63, 3.8) is 0 Å². The van der Waals surface area contributed by atoms with Crippen LogP contribution >= 0.6 is 0 Å². The molecule has 5 rings (SSSR count). The molecule has 0 aliphatic carbocycles. The Morgan fingerprint density at radius 3 is 2.16 bits per heavy atom. The Hall–Kier alpha value is -4.96. The molecule has 2 heterocycles. The number of hydrogen-bond donors (Lipinski definition) is 1. The van der Waals surface area contributed by atoms with Crippen molar-refractivity contribution in [3.05, 3.63) is 101 Å². The molecule has 0 saturated carbocycles. The third-order valence-corrected chi connectivity index (χ3v) is 6.13. The first kappa shape index (κ1) is 23.8. The Morgan fingerprint density at radius 1 is 0.919 bits per heavy atom. The van der Waals surface area contributed by atoms with Gasteiger partial charge in [0.15, 0.2) is 0 Å². The summed E-state index contributed by atoms with van der Waals surface area (Å²) in [5, 5.41) is 12.7. The summed E-state index contributed by atoms with van der Waals surface area (Å²) in [6.07, 6.45) is 0. The predicted molar refractivity (Wildman–Crippen MR) is 139 cm³/mol. The minimum Gasteiger partial charge on any atom is -0.438 e. The maximum Gasteiger partial charge on any atom is 0.261 e. The lowest BCUT2D eigenvalue weighted by molar-refractivity contribution is 0.0636. The molecule has 1 aliphatic rings. The fourth-order valence-corrected chi connectivity index (χ4v) is 4.44. The summed E-state index contributed by atoms with van der Waals surface area (Å²) in [5.74, 6) is -0.761. The number of hydrogen-bond acceptors (Lipinski definition) is 5. The molecular weight excluding hydrogens is 466 g/mol. The van der Waals surface area contributed by atoms with Gasteiger partial charge in [-0.2, -0.15) is 5.26 Å². The molecule has 0 radical (unpaired) electrons. The van der Waals surface area contributed by atoms with Gasteiger partial charge >= 0.3 is 0 Å². The molecular formula is C30H23N3O4. The Bertz CT molecular complexity index is 1560. The maximum absolute atomic E-state index is 13.2. The van der Waals surface area contributed by atoms with Crippen LogP contribution in [-0.2, 0) is 0 Å². The van der Waals surface area contributed by atoms with Crippen LogP contribution in [0.2, 0.25) is 0 Å². The number of nitriles is 1. The standard InChI is InChI=1S/C30H23N3O4/c1-18(2)17-33-29(35)22-14-13-21(15-23(22)30(33)36)27(34)32-28-24(16-31)25(19-9-5-3-6-10-19)26(37-28)20-11-7-4-8-12-20/h3-15,18H,17H2,1-2H3,(H,32,34). The highest BCUT2D eigenvalue weighted by Gasteiger charge is 2.36. The van der Waals surface area contributed by atoms with E-state index in [0.717, 1.165) is 11.1 Å². The predicted octanol–water partition coefficient (Wildman–Crippen LogP) is 5.99. The summed E-state index contributed by atoms with van der Waals surface area (Å²) < 4.78 is 6.08. The van der Waals surface area contributed by atoms with Crippen molar-refractivity contribution < 1.29 is 18.8 Å². The molecule has 1 N–H and O–H groups in total. The van der Waals surface area contributed by atoms with E-state index < -0.39 is 11.8 Å². The van der Waals surface area contributed by atoms with Crippen molar-refractivity contribution in [2.24, 2.45) is 5.92 Å². The van der Waals surface area contributed by atoms with E-state index in [2.05, 4.69) is 11.4 Å². The topological polar surface area (TPSA) is 103 Å². The van der Waals surface area contributed by atoms with Crippen LogP contribution in [0.15, 0.2) is 83.3 Å². The number of carbonyl (C=O) groups is 3. The highest BCUT2D eigenvalue weighted by atomic mass is 16.4. The molecule has 0 fully saturated rings. The number of furan rings is 1. The number of nitrogens with zero attached hydrogens (tertiary/aromatic N) is 2. The fourth-order valence-electron chi connectivity index (χ4n) is 4.44. The van der Waals surface area contributed by atoms with Gasteiger partial charge in [-0.15, -0.1) is 0 Å². The fraction of sp³-hybridized carbons (Fsp3) is 0.133. The zero-order valence-corrected chi connectivity index (χ0v) is 20.3. The van der Waals surface area contributed by atoms with Crippen LogP contribution in [0.4, 0.5) is 5.88 Å². The number of rotatable bonds is 6. The lowest BCUT2D eigenvalue weighted by atomic mass is 9.98. The molecule has 4 aromatic rings. The zero-order chi connectivity index (χ0) is 26.1. The quantitative estimate of drug-likeness (QED) is 0.335. The highest BCUT2D eigenvalue weighted by Crippen LogP contribution is 2.41. The van der Waals surface area contributed by atoms with Crippen molar-refractivity contribution in [3.8, 4) is 28.5 Å². The number of anilines is 1. The minimum atomic E-state index is -0.560. The first-order chi connectivity index (χ1) is 17.9. The van der Waals surface area contributed by atoms with E-state index in [1.165, 1.54) is 23.1 Å². The van der Waals surface area contributed by atoms with Gasteiger partial charge in [0, 0.05) is 23.2 Å². The number of amides is 3. The summed E-state index contributed by atoms with van der Waals surface area (Å²) in [4.78, 5) is 39.9. The number of nitrogens with one attached hydrogen (secondary N) is 1. The average Bonchev–Trinajstić information content (AvgIpc) is 3.39. The van der Waals surface area contributed by atoms with E-state index in [4.69, 9.17) is 4.42 Å². The van der Waals surface area contributed by atoms with Gasteiger partial charge < -0.3 is 4.42 Å². The maximum atomic E-state index is 13.2. The van der Waals surface area contributed by atoms with E-state index in [9.17, 15) is 19.6 Å². The molecule has 3 aromatic carbocycles. The Kier molecular flexibility index (Phi) is 6.16. The van der Waals surface area contributed by atoms with Gasteiger partial charge in [-0.05, 0) is 29.7 Å². The molecule has 0 spiro atoms. The third kappa shape index (κ3) is 4.30. The lowest BCUT2D eigenvalue weighted by Gasteiger charge is -2.15. The molecule has 0 bridgehead atoms. The molecule has 0 unspecified atom stereocenters. The van der Waals surface area contributed by atoms with Gasteiger partial charge in [0.25, 0.3) is 17.7 Å². The lowest BCUT2D eigenvalue weighted by Crippen LogP contribution is -2.33. The third-order valence-electron chi connectivity index (χ3n) is 6.13. The highest BCUT2D eigenvalue weighted by molar-refractivity contribution is 6.22. The van der Waals surface area contributed by atoms with Gasteiger partial charge in [-0.1, -0.05) is 74.5 Å². The van der Waals surface area contributed by atoms with E-state index in [0.29, 0.717) is 17.9 Å². The van der Waals surface area contributed by atoms with Gasteiger partial charge in [-0.25, -0.2) is 0 Å².